The van der Waals surface area contributed by atoms with Crippen molar-refractivity contribution in [2.75, 3.05) is 10.6 Å². The number of ether oxygens (including phenoxy) is 2. The zero-order valence-corrected chi connectivity index (χ0v) is 17.6. The van der Waals surface area contributed by atoms with Gasteiger partial charge in [0, 0.05) is 29.8 Å². The fourth-order valence-corrected chi connectivity index (χ4v) is 4.46. The Labute approximate surface area is 192 Å². The molecule has 0 radical (unpaired) electrons. The second kappa shape index (κ2) is 7.68. The number of nitrogens with zero attached hydrogens (tertiary/aromatic N) is 1. The van der Waals surface area contributed by atoms with Crippen molar-refractivity contribution in [3.63, 3.8) is 0 Å². The van der Waals surface area contributed by atoms with Crippen LogP contribution in [0.15, 0.2) is 48.7 Å². The number of urea groups is 1. The summed E-state index contributed by atoms with van der Waals surface area (Å²) in [4.78, 5) is 28.1. The molecule has 172 valence electrons. The Morgan fingerprint density at radius 1 is 1.15 bits per heavy atom. The molecular formula is C24H18F2N4O4. The summed E-state index contributed by atoms with van der Waals surface area (Å²) in [5.74, 6) is 0.725. The van der Waals surface area contributed by atoms with Gasteiger partial charge in [0.05, 0.1) is 17.6 Å². The van der Waals surface area contributed by atoms with Crippen LogP contribution in [0.1, 0.15) is 23.5 Å². The lowest BCUT2D eigenvalue weighted by atomic mass is 10.1. The molecule has 3 heterocycles. The molecule has 8 nitrogen and oxygen atoms in total. The van der Waals surface area contributed by atoms with Crippen LogP contribution >= 0.6 is 0 Å². The average molecular weight is 464 g/mol. The molecule has 3 amide bonds. The molecule has 3 aliphatic rings. The first-order valence-corrected chi connectivity index (χ1v) is 10.7. The number of anilines is 2. The number of rotatable bonds is 4. The van der Waals surface area contributed by atoms with Crippen LogP contribution in [-0.2, 0) is 11.2 Å². The summed E-state index contributed by atoms with van der Waals surface area (Å²) >= 11 is 0. The van der Waals surface area contributed by atoms with Gasteiger partial charge in [-0.2, -0.15) is 0 Å². The molecule has 34 heavy (non-hydrogen) atoms. The lowest BCUT2D eigenvalue weighted by Gasteiger charge is -2.19. The molecule has 6 rings (SSSR count). The highest BCUT2D eigenvalue weighted by atomic mass is 19.1. The van der Waals surface area contributed by atoms with Gasteiger partial charge in [0.2, 0.25) is 5.91 Å². The summed E-state index contributed by atoms with van der Waals surface area (Å²) < 4.78 is 38.9. The van der Waals surface area contributed by atoms with E-state index in [4.69, 9.17) is 9.47 Å². The SMILES string of the molecule is O=C1CCc2c(Oc3ccc4c(c3)[C@H]3[C@H](NC(=O)Nc5ccc(F)cc5F)[C@H]3O4)ccnc2N1. The Morgan fingerprint density at radius 3 is 2.88 bits per heavy atom. The highest BCUT2D eigenvalue weighted by Crippen LogP contribution is 2.54. The maximum atomic E-state index is 13.8. The molecule has 3 N–H and O–H groups in total. The largest absolute Gasteiger partial charge is 0.487 e. The lowest BCUT2D eigenvalue weighted by Crippen LogP contribution is -2.34. The number of benzene rings is 2. The quantitative estimate of drug-likeness (QED) is 0.540. The summed E-state index contributed by atoms with van der Waals surface area (Å²) in [6.45, 7) is 0. The number of aromatic nitrogens is 1. The Morgan fingerprint density at radius 2 is 2.03 bits per heavy atom. The number of amides is 3. The van der Waals surface area contributed by atoms with E-state index >= 15 is 0 Å². The molecule has 0 saturated heterocycles. The van der Waals surface area contributed by atoms with Crippen molar-refractivity contribution < 1.29 is 27.8 Å². The molecule has 1 saturated carbocycles. The van der Waals surface area contributed by atoms with E-state index in [0.29, 0.717) is 36.2 Å². The molecule has 10 heteroatoms. The van der Waals surface area contributed by atoms with E-state index in [2.05, 4.69) is 20.9 Å². The van der Waals surface area contributed by atoms with Crippen LogP contribution in [0.5, 0.6) is 17.2 Å². The summed E-state index contributed by atoms with van der Waals surface area (Å²) in [6, 6.07) is 9.28. The van der Waals surface area contributed by atoms with Crippen molar-refractivity contribution in [3.05, 3.63) is 71.4 Å². The minimum Gasteiger partial charge on any atom is -0.487 e. The Balaban J connectivity index is 1.15. The van der Waals surface area contributed by atoms with Crippen molar-refractivity contribution in [1.29, 1.82) is 0 Å². The van der Waals surface area contributed by atoms with Gasteiger partial charge >= 0.3 is 6.03 Å². The maximum absolute atomic E-state index is 13.8. The number of halogens is 2. The van der Waals surface area contributed by atoms with E-state index in [1.165, 1.54) is 0 Å². The fourth-order valence-electron chi connectivity index (χ4n) is 4.46. The Kier molecular flexibility index (Phi) is 4.61. The molecule has 2 aromatic carbocycles. The number of carbonyl (C=O) groups is 2. The monoisotopic (exact) mass is 464 g/mol. The first-order chi connectivity index (χ1) is 16.5. The van der Waals surface area contributed by atoms with E-state index in [-0.39, 0.29) is 29.7 Å². The second-order valence-electron chi connectivity index (χ2n) is 8.34. The van der Waals surface area contributed by atoms with Gasteiger partial charge in [0.15, 0.2) is 0 Å². The highest BCUT2D eigenvalue weighted by molar-refractivity contribution is 5.93. The lowest BCUT2D eigenvalue weighted by molar-refractivity contribution is -0.116. The van der Waals surface area contributed by atoms with E-state index in [1.54, 1.807) is 18.3 Å². The zero-order valence-electron chi connectivity index (χ0n) is 17.6. The van der Waals surface area contributed by atoms with Crippen molar-refractivity contribution in [3.8, 4) is 17.2 Å². The van der Waals surface area contributed by atoms with Gasteiger partial charge in [-0.1, -0.05) is 0 Å². The third-order valence-corrected chi connectivity index (χ3v) is 6.13. The van der Waals surface area contributed by atoms with Crippen molar-refractivity contribution in [1.82, 2.24) is 10.3 Å². The van der Waals surface area contributed by atoms with Gasteiger partial charge in [-0.15, -0.1) is 0 Å². The van der Waals surface area contributed by atoms with Crippen LogP contribution < -0.4 is 25.4 Å². The second-order valence-corrected chi connectivity index (χ2v) is 8.34. The smallest absolute Gasteiger partial charge is 0.319 e. The Bertz CT molecular complexity index is 1350. The van der Waals surface area contributed by atoms with Gasteiger partial charge in [-0.25, -0.2) is 18.6 Å². The standard InChI is InChI=1S/C24H18F2N4O4/c25-11-1-4-16(15(26)9-11)28-24(32)30-21-20-14-10-12(2-5-17(14)34-22(20)21)33-18-7-8-27-23-13(18)3-6-19(31)29-23/h1-2,4-5,7-10,20-22H,3,6H2,(H,27,29,31)(H2,28,30,32)/t20-,21-,22-/m0/s1. The molecular weight excluding hydrogens is 446 g/mol. The van der Waals surface area contributed by atoms with Gasteiger partial charge < -0.3 is 25.4 Å². The normalized spacial score (nSPS) is 21.4. The molecule has 0 bridgehead atoms. The Hall–Kier alpha value is -4.21. The van der Waals surface area contributed by atoms with E-state index in [0.717, 1.165) is 29.0 Å². The van der Waals surface area contributed by atoms with Crippen LogP contribution in [0.3, 0.4) is 0 Å². The predicted molar refractivity (Wildman–Crippen MR) is 117 cm³/mol. The topological polar surface area (TPSA) is 102 Å². The number of fused-ring (bicyclic) bond motifs is 4. The van der Waals surface area contributed by atoms with Crippen LogP contribution in [0, 0.1) is 11.6 Å². The maximum Gasteiger partial charge on any atom is 0.319 e. The number of hydrogen-bond donors (Lipinski definition) is 3. The summed E-state index contributed by atoms with van der Waals surface area (Å²) in [5, 5.41) is 7.92. The van der Waals surface area contributed by atoms with Gasteiger partial charge in [-0.05, 0) is 42.8 Å². The van der Waals surface area contributed by atoms with E-state index in [1.807, 2.05) is 12.1 Å². The molecule has 1 aromatic heterocycles. The summed E-state index contributed by atoms with van der Waals surface area (Å²) in [7, 11) is 0. The summed E-state index contributed by atoms with van der Waals surface area (Å²) in [6.07, 6.45) is 2.26. The van der Waals surface area contributed by atoms with Crippen molar-refractivity contribution in [2.24, 2.45) is 0 Å². The molecule has 0 spiro atoms. The number of carbonyl (C=O) groups excluding carboxylic acids is 2. The number of hydrogen-bond acceptors (Lipinski definition) is 5. The van der Waals surface area contributed by atoms with Crippen LogP contribution in [0.4, 0.5) is 25.1 Å². The van der Waals surface area contributed by atoms with Crippen molar-refractivity contribution in [2.45, 2.75) is 30.9 Å². The molecule has 3 atom stereocenters. The molecule has 0 unspecified atom stereocenters. The minimum atomic E-state index is -0.854. The highest BCUT2D eigenvalue weighted by Gasteiger charge is 2.59. The minimum absolute atomic E-state index is 0.0620. The predicted octanol–water partition coefficient (Wildman–Crippen LogP) is 4.09. The molecule has 1 fully saturated rings. The first kappa shape index (κ1) is 20.4. The summed E-state index contributed by atoms with van der Waals surface area (Å²) in [5.41, 5.74) is 1.63. The van der Waals surface area contributed by atoms with E-state index < -0.39 is 17.7 Å². The van der Waals surface area contributed by atoms with Gasteiger partial charge in [0.1, 0.15) is 40.8 Å². The number of pyridine rings is 1. The molecule has 2 aliphatic heterocycles. The third kappa shape index (κ3) is 3.57. The fraction of sp³-hybridized carbons (Fsp3) is 0.208. The first-order valence-electron chi connectivity index (χ1n) is 10.7. The van der Waals surface area contributed by atoms with Gasteiger partial charge in [0.25, 0.3) is 0 Å². The van der Waals surface area contributed by atoms with E-state index in [9.17, 15) is 18.4 Å². The number of nitrogens with one attached hydrogen (secondary N) is 3. The van der Waals surface area contributed by atoms with Crippen LogP contribution in [-0.4, -0.2) is 29.1 Å². The molecule has 1 aliphatic carbocycles. The van der Waals surface area contributed by atoms with Gasteiger partial charge in [-0.3, -0.25) is 4.79 Å². The van der Waals surface area contributed by atoms with Crippen LogP contribution in [0.2, 0.25) is 0 Å². The van der Waals surface area contributed by atoms with Crippen molar-refractivity contribution >= 4 is 23.4 Å². The van der Waals surface area contributed by atoms with Crippen LogP contribution in [0.25, 0.3) is 0 Å². The molecule has 3 aromatic rings. The zero-order chi connectivity index (χ0) is 23.4. The third-order valence-electron chi connectivity index (χ3n) is 6.13. The average Bonchev–Trinajstić information content (AvgIpc) is 3.32.